The molecule has 1 aliphatic heterocycles. The van der Waals surface area contributed by atoms with Gasteiger partial charge in [-0.25, -0.2) is 4.39 Å². The molecule has 1 saturated heterocycles. The van der Waals surface area contributed by atoms with Gasteiger partial charge in [0.05, 0.1) is 6.61 Å². The molecule has 4 heteroatoms. The van der Waals surface area contributed by atoms with Crippen molar-refractivity contribution in [1.82, 2.24) is 0 Å². The van der Waals surface area contributed by atoms with Gasteiger partial charge in [0.25, 0.3) is 0 Å². The minimum absolute atomic E-state index is 0.0242. The number of hydrogen-bond donors (Lipinski definition) is 0. The third-order valence-corrected chi connectivity index (χ3v) is 11.4. The molecule has 1 saturated carbocycles. The average molecular weight is 484 g/mol. The van der Waals surface area contributed by atoms with Crippen molar-refractivity contribution in [2.45, 2.75) is 95.7 Å². The molecule has 2 fully saturated rings. The molecule has 185 valence electrons. The van der Waals surface area contributed by atoms with Crippen molar-refractivity contribution < 1.29 is 13.5 Å². The van der Waals surface area contributed by atoms with Crippen LogP contribution < -0.4 is 4.74 Å². The summed E-state index contributed by atoms with van der Waals surface area (Å²) >= 11 is 0. The smallest absolute Gasteiger partial charge is 0.201 e. The van der Waals surface area contributed by atoms with Crippen LogP contribution in [0.2, 0.25) is 18.1 Å². The van der Waals surface area contributed by atoms with E-state index in [1.54, 1.807) is 31.1 Å². The Labute approximate surface area is 206 Å². The molecular formula is C30H41F2OSi. The van der Waals surface area contributed by atoms with Gasteiger partial charge < -0.3 is 4.74 Å². The highest BCUT2D eigenvalue weighted by Gasteiger charge is 2.31. The lowest BCUT2D eigenvalue weighted by Gasteiger charge is -2.37. The Balaban J connectivity index is 1.29. The van der Waals surface area contributed by atoms with Gasteiger partial charge in [-0.05, 0) is 73.6 Å². The maximum atomic E-state index is 14.6. The number of benzene rings is 2. The van der Waals surface area contributed by atoms with Gasteiger partial charge in [0, 0.05) is 14.4 Å². The average Bonchev–Trinajstić information content (AvgIpc) is 2.88. The molecule has 0 atom stereocenters. The van der Waals surface area contributed by atoms with Gasteiger partial charge in [0.2, 0.25) is 5.82 Å². The number of hydrogen-bond acceptors (Lipinski definition) is 1. The molecule has 1 heterocycles. The maximum absolute atomic E-state index is 14.6. The molecule has 34 heavy (non-hydrogen) atoms. The molecule has 0 bridgehead atoms. The van der Waals surface area contributed by atoms with Gasteiger partial charge in [0.1, 0.15) is 0 Å². The highest BCUT2D eigenvalue weighted by molar-refractivity contribution is 6.58. The third kappa shape index (κ3) is 6.11. The summed E-state index contributed by atoms with van der Waals surface area (Å²) in [6, 6.07) is 16.0. The Morgan fingerprint density at radius 3 is 2.12 bits per heavy atom. The Kier molecular flexibility index (Phi) is 9.21. The highest BCUT2D eigenvalue weighted by Crippen LogP contribution is 2.44. The van der Waals surface area contributed by atoms with E-state index in [1.807, 2.05) is 12.1 Å². The van der Waals surface area contributed by atoms with Crippen LogP contribution in [0.3, 0.4) is 0 Å². The van der Waals surface area contributed by atoms with Gasteiger partial charge in [-0.3, -0.25) is 0 Å². The van der Waals surface area contributed by atoms with Gasteiger partial charge in [-0.1, -0.05) is 81.4 Å². The summed E-state index contributed by atoms with van der Waals surface area (Å²) in [6.07, 6.45) is 12.5. The standard InChI is InChI=1S/C30H41F2OSi/c1-3-5-6-19-34-20-17-25(18-21-34)24-9-7-22(8-10-24)23-11-13-26(14-12-23)27-15-16-28(33-4-2)30(32)29(27)31/h11-16,22,24-25H,3-10,17-21H2,1-2H3. The van der Waals surface area contributed by atoms with E-state index < -0.39 is 11.6 Å². The summed E-state index contributed by atoms with van der Waals surface area (Å²) in [7, 11) is -0.0390. The Hall–Kier alpha value is -1.68. The Morgan fingerprint density at radius 2 is 1.47 bits per heavy atom. The molecule has 1 nitrogen and oxygen atoms in total. The van der Waals surface area contributed by atoms with Crippen LogP contribution >= 0.6 is 0 Å². The zero-order valence-electron chi connectivity index (χ0n) is 21.1. The summed E-state index contributed by atoms with van der Waals surface area (Å²) in [5.74, 6) is 0.741. The molecular weight excluding hydrogens is 442 g/mol. The van der Waals surface area contributed by atoms with E-state index in [4.69, 9.17) is 4.74 Å². The van der Waals surface area contributed by atoms with Crippen molar-refractivity contribution in [3.63, 3.8) is 0 Å². The Morgan fingerprint density at radius 1 is 0.794 bits per heavy atom. The molecule has 1 radical (unpaired) electrons. The summed E-state index contributed by atoms with van der Waals surface area (Å²) < 4.78 is 34.1. The first kappa shape index (κ1) is 25.4. The lowest BCUT2D eigenvalue weighted by atomic mass is 9.72. The summed E-state index contributed by atoms with van der Waals surface area (Å²) in [5.41, 5.74) is 2.36. The van der Waals surface area contributed by atoms with Crippen molar-refractivity contribution in [1.29, 1.82) is 0 Å². The predicted molar refractivity (Wildman–Crippen MR) is 140 cm³/mol. The minimum atomic E-state index is -0.904. The summed E-state index contributed by atoms with van der Waals surface area (Å²) in [4.78, 5) is 0. The first-order chi connectivity index (χ1) is 16.6. The third-order valence-electron chi connectivity index (χ3n) is 8.35. The van der Waals surface area contributed by atoms with Gasteiger partial charge in [-0.2, -0.15) is 4.39 Å². The van der Waals surface area contributed by atoms with E-state index in [0.29, 0.717) is 18.1 Å². The van der Waals surface area contributed by atoms with Crippen molar-refractivity contribution >= 4 is 8.80 Å². The number of ether oxygens (including phenoxy) is 1. The second kappa shape index (κ2) is 12.3. The van der Waals surface area contributed by atoms with E-state index in [9.17, 15) is 8.78 Å². The molecule has 0 unspecified atom stereocenters. The van der Waals surface area contributed by atoms with Crippen LogP contribution in [0.4, 0.5) is 8.78 Å². The van der Waals surface area contributed by atoms with E-state index in [2.05, 4.69) is 19.1 Å². The fourth-order valence-corrected chi connectivity index (χ4v) is 9.33. The molecule has 2 aromatic carbocycles. The molecule has 1 aliphatic carbocycles. The SMILES string of the molecule is CCCCC[Si]1CCC(C2CCC(c3ccc(-c4ccc(OCC)c(F)c4F)cc3)CC2)CC1. The molecule has 2 aromatic rings. The fourth-order valence-electron chi connectivity index (χ4n) is 6.28. The normalized spacial score (nSPS) is 22.1. The summed E-state index contributed by atoms with van der Waals surface area (Å²) in [5, 5.41) is 0. The second-order valence-electron chi connectivity index (χ2n) is 10.5. The predicted octanol–water partition coefficient (Wildman–Crippen LogP) is 9.40. The molecule has 0 spiro atoms. The maximum Gasteiger partial charge on any atom is 0.201 e. The molecule has 0 N–H and O–H groups in total. The fraction of sp³-hybridized carbons (Fsp3) is 0.600. The number of rotatable bonds is 9. The van der Waals surface area contributed by atoms with Crippen molar-refractivity contribution in [2.75, 3.05) is 6.61 Å². The lowest BCUT2D eigenvalue weighted by Crippen LogP contribution is -2.28. The van der Waals surface area contributed by atoms with E-state index in [1.165, 1.54) is 69.4 Å². The zero-order valence-corrected chi connectivity index (χ0v) is 22.1. The largest absolute Gasteiger partial charge is 0.491 e. The second-order valence-corrected chi connectivity index (χ2v) is 13.5. The minimum Gasteiger partial charge on any atom is -0.491 e. The van der Waals surface area contributed by atoms with Crippen molar-refractivity contribution in [2.24, 2.45) is 11.8 Å². The van der Waals surface area contributed by atoms with Gasteiger partial charge in [-0.15, -0.1) is 0 Å². The van der Waals surface area contributed by atoms with E-state index in [-0.39, 0.29) is 14.5 Å². The topological polar surface area (TPSA) is 9.23 Å². The molecule has 4 rings (SSSR count). The van der Waals surface area contributed by atoms with Gasteiger partial charge in [0.15, 0.2) is 11.6 Å². The zero-order chi connectivity index (χ0) is 23.9. The van der Waals surface area contributed by atoms with E-state index >= 15 is 0 Å². The van der Waals surface area contributed by atoms with Crippen LogP contribution in [-0.4, -0.2) is 15.4 Å². The molecule has 0 amide bonds. The van der Waals surface area contributed by atoms with Crippen LogP contribution in [-0.2, 0) is 0 Å². The Bertz CT molecular complexity index is 897. The van der Waals surface area contributed by atoms with Crippen LogP contribution in [0.15, 0.2) is 36.4 Å². The first-order valence-corrected chi connectivity index (χ1v) is 15.8. The van der Waals surface area contributed by atoms with Crippen LogP contribution in [0.5, 0.6) is 5.75 Å². The van der Waals surface area contributed by atoms with Crippen LogP contribution in [0, 0.1) is 23.5 Å². The monoisotopic (exact) mass is 483 g/mol. The number of halogens is 2. The quantitative estimate of drug-likeness (QED) is 0.255. The lowest BCUT2D eigenvalue weighted by molar-refractivity contribution is 0.216. The first-order valence-electron chi connectivity index (χ1n) is 13.6. The highest BCUT2D eigenvalue weighted by atomic mass is 28.3. The van der Waals surface area contributed by atoms with E-state index in [0.717, 1.165) is 17.4 Å². The number of unbranched alkanes of at least 4 members (excludes halogenated alkanes) is 2. The summed E-state index contributed by atoms with van der Waals surface area (Å²) in [6.45, 7) is 4.38. The van der Waals surface area contributed by atoms with Gasteiger partial charge >= 0.3 is 0 Å². The van der Waals surface area contributed by atoms with Crippen molar-refractivity contribution in [3.8, 4) is 16.9 Å². The van der Waals surface area contributed by atoms with Crippen LogP contribution in [0.25, 0.3) is 11.1 Å². The van der Waals surface area contributed by atoms with Crippen molar-refractivity contribution in [3.05, 3.63) is 53.6 Å². The molecule has 2 aliphatic rings. The van der Waals surface area contributed by atoms with Crippen LogP contribution in [0.1, 0.15) is 83.1 Å². The molecule has 0 aromatic heterocycles.